The third-order valence-electron chi connectivity index (χ3n) is 16.9. The van der Waals surface area contributed by atoms with Gasteiger partial charge in [0.2, 0.25) is 35.4 Å². The summed E-state index contributed by atoms with van der Waals surface area (Å²) in [5.41, 5.74) is 4.70. The number of unbranched alkanes of at least 4 members (excludes halogenated alkanes) is 4. The summed E-state index contributed by atoms with van der Waals surface area (Å²) < 4.78 is 12.2. The zero-order valence-corrected chi connectivity index (χ0v) is 50.2. The number of hydrogen-bond donors (Lipinski definition) is 4. The Morgan fingerprint density at radius 1 is 0.778 bits per heavy atom. The van der Waals surface area contributed by atoms with Gasteiger partial charge in [-0.2, -0.15) is 0 Å². The predicted molar refractivity (Wildman–Crippen MR) is 305 cm³/mol. The van der Waals surface area contributed by atoms with Gasteiger partial charge in [0, 0.05) is 71.8 Å². The number of hydrogen-bond acceptors (Lipinski definition) is 13. The molecule has 5 rings (SSSR count). The molecule has 1 saturated carbocycles. The van der Waals surface area contributed by atoms with Crippen LogP contribution in [0.1, 0.15) is 156 Å². The van der Waals surface area contributed by atoms with Crippen molar-refractivity contribution >= 4 is 53.2 Å². The number of likely N-dealkylation sites (tertiary alicyclic amines) is 1. The molecule has 3 aliphatic heterocycles. The first-order chi connectivity index (χ1) is 38.6. The summed E-state index contributed by atoms with van der Waals surface area (Å²) >= 11 is 0. The summed E-state index contributed by atoms with van der Waals surface area (Å²) in [6, 6.07) is 7.27. The third kappa shape index (κ3) is 17.6. The Hall–Kier alpha value is -5.77. The highest BCUT2D eigenvalue weighted by atomic mass is 16.7. The lowest BCUT2D eigenvalue weighted by Gasteiger charge is -2.41. The Morgan fingerprint density at radius 2 is 1.42 bits per heavy atom. The summed E-state index contributed by atoms with van der Waals surface area (Å²) in [5.74, 6) is -4.12. The van der Waals surface area contributed by atoms with Crippen LogP contribution in [0.25, 0.3) is 0 Å². The maximum Gasteiger partial charge on any atom is 0.272 e. The van der Waals surface area contributed by atoms with Crippen LogP contribution in [0.4, 0.5) is 0 Å². The highest BCUT2D eigenvalue weighted by Gasteiger charge is 2.64. The van der Waals surface area contributed by atoms with E-state index in [0.29, 0.717) is 97.0 Å². The molecule has 4 N–H and O–H groups in total. The molecule has 21 heteroatoms. The van der Waals surface area contributed by atoms with Crippen molar-refractivity contribution in [1.29, 1.82) is 0 Å². The van der Waals surface area contributed by atoms with Crippen LogP contribution in [-0.4, -0.2) is 181 Å². The van der Waals surface area contributed by atoms with Gasteiger partial charge in [0.1, 0.15) is 11.6 Å². The molecule has 21 nitrogen and oxygen atoms in total. The minimum Gasteiger partial charge on any atom is -0.379 e. The highest BCUT2D eigenvalue weighted by molar-refractivity contribution is 6.12. The molecule has 10 atom stereocenters. The topological polar surface area (TPSA) is 246 Å². The Balaban J connectivity index is 1.13. The van der Waals surface area contributed by atoms with Crippen molar-refractivity contribution in [3.05, 3.63) is 48.0 Å². The lowest BCUT2D eigenvalue weighted by molar-refractivity contribution is -0.200. The van der Waals surface area contributed by atoms with Crippen molar-refractivity contribution in [1.82, 2.24) is 46.1 Å². The number of nitrogens with zero attached hydrogens (tertiary/aromatic N) is 5. The Labute approximate surface area is 480 Å². The quantitative estimate of drug-likeness (QED) is 0.0431. The number of carbonyl (C=O) groups is 9. The minimum absolute atomic E-state index is 0.0426. The fourth-order valence-corrected chi connectivity index (χ4v) is 12.0. The Kier molecular flexibility index (Phi) is 25.8. The van der Waals surface area contributed by atoms with Gasteiger partial charge in [-0.05, 0) is 94.7 Å². The first kappa shape index (κ1) is 66.0. The molecular formula is C60H95N9O12. The zero-order chi connectivity index (χ0) is 59.6. The van der Waals surface area contributed by atoms with Crippen molar-refractivity contribution < 1.29 is 57.5 Å². The second-order valence-electron chi connectivity index (χ2n) is 23.4. The monoisotopic (exact) mass is 1130 g/mol. The largest absolute Gasteiger partial charge is 0.379 e. The second-order valence-corrected chi connectivity index (χ2v) is 23.4. The molecule has 0 bridgehead atoms. The van der Waals surface area contributed by atoms with Crippen LogP contribution in [0.15, 0.2) is 42.5 Å². The van der Waals surface area contributed by atoms with Gasteiger partial charge in [-0.15, -0.1) is 0 Å². The fraction of sp³-hybridized carbons (Fsp3) is 0.717. The highest BCUT2D eigenvalue weighted by Crippen LogP contribution is 2.53. The lowest BCUT2D eigenvalue weighted by atomic mass is 9.89. The van der Waals surface area contributed by atoms with E-state index < -0.39 is 47.8 Å². The maximum absolute atomic E-state index is 14.8. The SMILES string of the molecule is CC[C@H](C)[C@@H]([C@@H](CC(=O)N1CCC[C@H]1[C@H](OC)[C@@H](C)C(=O)N[C@@]1(C(=O)N2CCCCO2)C[C@@H]1c1ccccc1)OC)N(C)C(=O)[C@@H](NC(=O)[C@H](C(C)C)N(C)CCCCCC(=O)NNC(=O)CCCCCN1C(=O)C=CC1=O)C(C)C. The van der Waals surface area contributed by atoms with E-state index in [1.54, 1.807) is 38.0 Å². The van der Waals surface area contributed by atoms with Crippen molar-refractivity contribution in [2.24, 2.45) is 23.7 Å². The summed E-state index contributed by atoms with van der Waals surface area (Å²) in [6.45, 7) is 15.7. The standard InChI is InChI=1S/C60H95N9O12/c1-12-41(6)54(46(79-10)37-51(74)67-34-24-27-45(67)55(80-11)42(7)56(75)62-60(59(78)69-35-22-23-36-81-69)38-44(60)43-25-16-13-17-26-43)66(9)58(77)52(39(2)3)61-57(76)53(40(4)5)65(8)32-20-14-18-28-47(70)63-64-48(71)29-19-15-21-33-68-49(72)30-31-50(68)73/h13,16-17,25-26,30-31,39-42,44-46,52-55H,12,14-15,18-24,27-29,32-38H2,1-11H3,(H,61,76)(H,62,75)(H,63,70)(H,64,71)/t41-,42+,44+,45-,46+,52-,53-,54-,55+,60-/m0/s1. The van der Waals surface area contributed by atoms with E-state index in [4.69, 9.17) is 14.3 Å². The minimum atomic E-state index is -1.17. The second kappa shape index (κ2) is 31.6. The molecule has 81 heavy (non-hydrogen) atoms. The van der Waals surface area contributed by atoms with Gasteiger partial charge in [-0.1, -0.05) is 98.1 Å². The average Bonchev–Trinajstić information content (AvgIpc) is 3.63. The van der Waals surface area contributed by atoms with Gasteiger partial charge >= 0.3 is 0 Å². The number of ether oxygens (including phenoxy) is 2. The first-order valence-corrected chi connectivity index (χ1v) is 29.7. The molecule has 1 aromatic rings. The van der Waals surface area contributed by atoms with Crippen molar-refractivity contribution in [2.45, 2.75) is 193 Å². The van der Waals surface area contributed by atoms with E-state index in [0.717, 1.165) is 18.4 Å². The number of methoxy groups -OCH3 is 2. The molecule has 9 amide bonds. The maximum atomic E-state index is 14.8. The third-order valence-corrected chi connectivity index (χ3v) is 16.9. The average molecular weight is 1130 g/mol. The zero-order valence-electron chi connectivity index (χ0n) is 50.2. The van der Waals surface area contributed by atoms with Gasteiger partial charge in [0.15, 0.2) is 0 Å². The number of nitrogens with one attached hydrogen (secondary N) is 4. The molecule has 0 spiro atoms. The van der Waals surface area contributed by atoms with Crippen LogP contribution in [0, 0.1) is 23.7 Å². The molecule has 0 aromatic heterocycles. The van der Waals surface area contributed by atoms with E-state index in [-0.39, 0.29) is 96.1 Å². The molecule has 1 aliphatic carbocycles. The smallest absolute Gasteiger partial charge is 0.272 e. The Bertz CT molecular complexity index is 2310. The molecule has 0 radical (unpaired) electrons. The molecule has 1 aromatic carbocycles. The van der Waals surface area contributed by atoms with Gasteiger partial charge in [0.25, 0.3) is 17.7 Å². The van der Waals surface area contributed by atoms with Crippen molar-refractivity contribution in [2.75, 3.05) is 61.1 Å². The molecule has 2 saturated heterocycles. The number of hydroxylamine groups is 2. The van der Waals surface area contributed by atoms with E-state index in [1.807, 2.05) is 83.8 Å². The van der Waals surface area contributed by atoms with E-state index in [9.17, 15) is 43.2 Å². The normalized spacial score (nSPS) is 21.6. The van der Waals surface area contributed by atoms with Gasteiger partial charge in [-0.3, -0.25) is 68.6 Å². The molecule has 3 fully saturated rings. The number of hydrazine groups is 1. The molecule has 0 unspecified atom stereocenters. The van der Waals surface area contributed by atoms with E-state index in [2.05, 4.69) is 21.5 Å². The number of rotatable bonds is 32. The van der Waals surface area contributed by atoms with Crippen molar-refractivity contribution in [3.8, 4) is 0 Å². The summed E-state index contributed by atoms with van der Waals surface area (Å²) in [7, 11) is 6.68. The molecular weight excluding hydrogens is 1040 g/mol. The Morgan fingerprint density at radius 3 is 1.99 bits per heavy atom. The molecule has 3 heterocycles. The van der Waals surface area contributed by atoms with Gasteiger partial charge in [0.05, 0.1) is 49.3 Å². The van der Waals surface area contributed by atoms with Crippen molar-refractivity contribution in [3.63, 3.8) is 0 Å². The van der Waals surface area contributed by atoms with Crippen LogP contribution in [0.3, 0.4) is 0 Å². The van der Waals surface area contributed by atoms with Crippen LogP contribution < -0.4 is 21.5 Å². The summed E-state index contributed by atoms with van der Waals surface area (Å²) in [4.78, 5) is 133. The lowest BCUT2D eigenvalue weighted by Crippen LogP contribution is -2.60. The number of benzene rings is 1. The molecule has 4 aliphatic rings. The van der Waals surface area contributed by atoms with Gasteiger partial charge < -0.3 is 29.9 Å². The summed E-state index contributed by atoms with van der Waals surface area (Å²) in [6.07, 6.45) is 9.26. The van der Waals surface area contributed by atoms with Gasteiger partial charge in [-0.25, -0.2) is 5.06 Å². The van der Waals surface area contributed by atoms with Crippen LogP contribution in [0.2, 0.25) is 0 Å². The van der Waals surface area contributed by atoms with E-state index in [1.165, 1.54) is 22.1 Å². The number of imide groups is 1. The number of carbonyl (C=O) groups excluding carboxylic acids is 9. The van der Waals surface area contributed by atoms with Crippen LogP contribution >= 0.6 is 0 Å². The van der Waals surface area contributed by atoms with Crippen LogP contribution in [0.5, 0.6) is 0 Å². The number of amides is 9. The first-order valence-electron chi connectivity index (χ1n) is 29.7. The fourth-order valence-electron chi connectivity index (χ4n) is 12.0. The summed E-state index contributed by atoms with van der Waals surface area (Å²) in [5, 5.41) is 7.67. The predicted octanol–water partition coefficient (Wildman–Crippen LogP) is 4.79. The number of likely N-dealkylation sites (N-methyl/N-ethyl adjacent to an activating group) is 2. The molecule has 452 valence electrons. The van der Waals surface area contributed by atoms with Crippen LogP contribution in [-0.2, 0) is 57.5 Å². The van der Waals surface area contributed by atoms with E-state index >= 15 is 0 Å².